The van der Waals surface area contributed by atoms with E-state index in [9.17, 15) is 0 Å². The third-order valence-electron chi connectivity index (χ3n) is 1.88. The van der Waals surface area contributed by atoms with Crippen LogP contribution in [0, 0.1) is 0 Å². The molecular formula is C10H14S2. The first kappa shape index (κ1) is 10.0. The summed E-state index contributed by atoms with van der Waals surface area (Å²) in [5, 5.41) is 0.606. The van der Waals surface area contributed by atoms with E-state index in [-0.39, 0.29) is 0 Å². The van der Waals surface area contributed by atoms with Crippen LogP contribution in [-0.2, 0) is 0 Å². The highest BCUT2D eigenvalue weighted by atomic mass is 32.1. The molecule has 1 rings (SSSR count). The van der Waals surface area contributed by atoms with Crippen LogP contribution >= 0.6 is 25.3 Å². The van der Waals surface area contributed by atoms with Crippen molar-refractivity contribution in [1.82, 2.24) is 0 Å². The summed E-state index contributed by atoms with van der Waals surface area (Å²) in [5.41, 5.74) is 2.52. The zero-order valence-corrected chi connectivity index (χ0v) is 9.15. The number of hydrogen-bond donors (Lipinski definition) is 2. The van der Waals surface area contributed by atoms with E-state index in [4.69, 9.17) is 0 Å². The largest absolute Gasteiger partial charge is 0.171 e. The number of rotatable bonds is 2. The Morgan fingerprint density at radius 2 is 1.42 bits per heavy atom. The molecule has 2 unspecified atom stereocenters. The first-order valence-electron chi connectivity index (χ1n) is 4.07. The smallest absolute Gasteiger partial charge is 0.0238 e. The molecule has 0 aliphatic carbocycles. The van der Waals surface area contributed by atoms with Gasteiger partial charge in [0, 0.05) is 10.5 Å². The Morgan fingerprint density at radius 1 is 1.00 bits per heavy atom. The highest BCUT2D eigenvalue weighted by molar-refractivity contribution is 7.80. The molecule has 0 nitrogen and oxygen atoms in total. The average Bonchev–Trinajstić information content (AvgIpc) is 2.04. The van der Waals surface area contributed by atoms with Gasteiger partial charge in [0.25, 0.3) is 0 Å². The lowest BCUT2D eigenvalue weighted by Gasteiger charge is -2.09. The van der Waals surface area contributed by atoms with Gasteiger partial charge in [0.05, 0.1) is 0 Å². The van der Waals surface area contributed by atoms with Gasteiger partial charge in [-0.15, -0.1) is 0 Å². The minimum atomic E-state index is 0.303. The van der Waals surface area contributed by atoms with E-state index in [1.807, 2.05) is 0 Å². The number of thiol groups is 2. The van der Waals surface area contributed by atoms with E-state index in [2.05, 4.69) is 63.4 Å². The van der Waals surface area contributed by atoms with Gasteiger partial charge in [0.2, 0.25) is 0 Å². The maximum atomic E-state index is 4.38. The molecule has 12 heavy (non-hydrogen) atoms. The molecule has 1 aromatic rings. The Hall–Kier alpha value is -0.0800. The first-order chi connectivity index (χ1) is 5.61. The lowest BCUT2D eigenvalue weighted by atomic mass is 10.1. The Balaban J connectivity index is 2.96. The summed E-state index contributed by atoms with van der Waals surface area (Å²) in [4.78, 5) is 0. The predicted octanol–water partition coefficient (Wildman–Crippen LogP) is 3.67. The van der Waals surface area contributed by atoms with E-state index in [1.54, 1.807) is 0 Å². The maximum Gasteiger partial charge on any atom is 0.0238 e. The molecule has 0 N–H and O–H groups in total. The van der Waals surface area contributed by atoms with Crippen molar-refractivity contribution < 1.29 is 0 Å². The fourth-order valence-electron chi connectivity index (χ4n) is 1.08. The second kappa shape index (κ2) is 4.24. The molecule has 0 bridgehead atoms. The Labute approximate surface area is 85.2 Å². The molecule has 0 aliphatic heterocycles. The summed E-state index contributed by atoms with van der Waals surface area (Å²) in [6.07, 6.45) is 0. The van der Waals surface area contributed by atoms with Crippen molar-refractivity contribution >= 4 is 25.3 Å². The fraction of sp³-hybridized carbons (Fsp3) is 0.400. The molecule has 0 saturated heterocycles. The number of hydrogen-bond acceptors (Lipinski definition) is 2. The van der Waals surface area contributed by atoms with E-state index in [0.29, 0.717) is 10.5 Å². The molecule has 0 radical (unpaired) electrons. The molecule has 1 aromatic carbocycles. The highest BCUT2D eigenvalue weighted by Gasteiger charge is 2.03. The summed E-state index contributed by atoms with van der Waals surface area (Å²) in [6.45, 7) is 4.15. The van der Waals surface area contributed by atoms with Crippen molar-refractivity contribution in [3.63, 3.8) is 0 Å². The molecule has 66 valence electrons. The molecule has 2 atom stereocenters. The molecule has 0 heterocycles. The van der Waals surface area contributed by atoms with Gasteiger partial charge in [-0.3, -0.25) is 0 Å². The van der Waals surface area contributed by atoms with Crippen LogP contribution in [0.5, 0.6) is 0 Å². The standard InChI is InChI=1S/C10H14S2/c1-7(11)9-4-3-5-10(6-9)8(2)12/h3-8,11-12H,1-2H3. The Bertz CT molecular complexity index is 231. The van der Waals surface area contributed by atoms with Gasteiger partial charge in [-0.2, -0.15) is 25.3 Å². The summed E-state index contributed by atoms with van der Waals surface area (Å²) >= 11 is 8.76. The van der Waals surface area contributed by atoms with Crippen LogP contribution in [-0.4, -0.2) is 0 Å². The Morgan fingerprint density at radius 3 is 1.75 bits per heavy atom. The van der Waals surface area contributed by atoms with Gasteiger partial charge in [-0.25, -0.2) is 0 Å². The summed E-state index contributed by atoms with van der Waals surface area (Å²) in [5.74, 6) is 0. The van der Waals surface area contributed by atoms with Crippen LogP contribution in [0.2, 0.25) is 0 Å². The van der Waals surface area contributed by atoms with Crippen molar-refractivity contribution in [2.75, 3.05) is 0 Å². The van der Waals surface area contributed by atoms with Gasteiger partial charge in [0.15, 0.2) is 0 Å². The Kier molecular flexibility index (Phi) is 3.53. The van der Waals surface area contributed by atoms with Crippen molar-refractivity contribution in [2.24, 2.45) is 0 Å². The lowest BCUT2D eigenvalue weighted by Crippen LogP contribution is -1.89. The van der Waals surface area contributed by atoms with E-state index in [1.165, 1.54) is 11.1 Å². The van der Waals surface area contributed by atoms with Crippen LogP contribution in [0.25, 0.3) is 0 Å². The fourth-order valence-corrected chi connectivity index (χ4v) is 1.40. The molecule has 0 aliphatic rings. The van der Waals surface area contributed by atoms with Crippen LogP contribution in [0.3, 0.4) is 0 Å². The topological polar surface area (TPSA) is 0 Å². The van der Waals surface area contributed by atoms with Crippen molar-refractivity contribution in [3.8, 4) is 0 Å². The van der Waals surface area contributed by atoms with Crippen molar-refractivity contribution in [1.29, 1.82) is 0 Å². The molecule has 0 spiro atoms. The maximum absolute atomic E-state index is 4.38. The first-order valence-corrected chi connectivity index (χ1v) is 5.10. The van der Waals surface area contributed by atoms with Crippen molar-refractivity contribution in [3.05, 3.63) is 35.4 Å². The lowest BCUT2D eigenvalue weighted by molar-refractivity contribution is 1.06. The normalized spacial score (nSPS) is 15.7. The third-order valence-corrected chi connectivity index (χ3v) is 2.47. The molecule has 0 fully saturated rings. The summed E-state index contributed by atoms with van der Waals surface area (Å²) in [6, 6.07) is 8.41. The van der Waals surface area contributed by atoms with Gasteiger partial charge in [-0.05, 0) is 25.0 Å². The van der Waals surface area contributed by atoms with Crippen LogP contribution in [0.15, 0.2) is 24.3 Å². The van der Waals surface area contributed by atoms with E-state index in [0.717, 1.165) is 0 Å². The van der Waals surface area contributed by atoms with Gasteiger partial charge in [-0.1, -0.05) is 24.3 Å². The predicted molar refractivity (Wildman–Crippen MR) is 61.2 cm³/mol. The van der Waals surface area contributed by atoms with E-state index < -0.39 is 0 Å². The van der Waals surface area contributed by atoms with Gasteiger partial charge < -0.3 is 0 Å². The second-order valence-electron chi connectivity index (χ2n) is 3.02. The summed E-state index contributed by atoms with van der Waals surface area (Å²) < 4.78 is 0. The van der Waals surface area contributed by atoms with Gasteiger partial charge >= 0.3 is 0 Å². The quantitative estimate of drug-likeness (QED) is 0.666. The minimum Gasteiger partial charge on any atom is -0.171 e. The molecule has 0 saturated carbocycles. The van der Waals surface area contributed by atoms with Crippen molar-refractivity contribution in [2.45, 2.75) is 24.3 Å². The SMILES string of the molecule is CC(S)c1cccc(C(C)S)c1. The minimum absolute atomic E-state index is 0.303. The molecule has 0 aromatic heterocycles. The van der Waals surface area contributed by atoms with E-state index >= 15 is 0 Å². The van der Waals surface area contributed by atoms with Crippen LogP contribution < -0.4 is 0 Å². The van der Waals surface area contributed by atoms with Crippen LogP contribution in [0.1, 0.15) is 35.5 Å². The number of benzene rings is 1. The average molecular weight is 198 g/mol. The zero-order chi connectivity index (χ0) is 9.14. The molecule has 0 amide bonds. The second-order valence-corrected chi connectivity index (χ2v) is 4.57. The monoisotopic (exact) mass is 198 g/mol. The van der Waals surface area contributed by atoms with Crippen LogP contribution in [0.4, 0.5) is 0 Å². The molecule has 2 heteroatoms. The summed E-state index contributed by atoms with van der Waals surface area (Å²) in [7, 11) is 0. The van der Waals surface area contributed by atoms with Gasteiger partial charge in [0.1, 0.15) is 0 Å². The molecular weight excluding hydrogens is 184 g/mol. The highest BCUT2D eigenvalue weighted by Crippen LogP contribution is 2.24. The third kappa shape index (κ3) is 2.46. The zero-order valence-electron chi connectivity index (χ0n) is 7.36.